The van der Waals surface area contributed by atoms with Gasteiger partial charge in [-0.3, -0.25) is 9.38 Å². The summed E-state index contributed by atoms with van der Waals surface area (Å²) in [5, 5.41) is 13.0. The Bertz CT molecular complexity index is 871. The van der Waals surface area contributed by atoms with Gasteiger partial charge in [-0.25, -0.2) is 9.37 Å². The van der Waals surface area contributed by atoms with Crippen LogP contribution in [-0.4, -0.2) is 25.5 Å². The summed E-state index contributed by atoms with van der Waals surface area (Å²) in [6.07, 6.45) is 11.2. The van der Waals surface area contributed by atoms with Crippen molar-refractivity contribution in [3.8, 4) is 17.0 Å². The molecule has 0 amide bonds. The van der Waals surface area contributed by atoms with Gasteiger partial charge in [0.05, 0.1) is 6.20 Å². The van der Waals surface area contributed by atoms with E-state index in [1.54, 1.807) is 18.5 Å². The fraction of sp³-hybridized carbons (Fsp3) is 0.333. The Kier molecular flexibility index (Phi) is 3.80. The van der Waals surface area contributed by atoms with Gasteiger partial charge in [-0.05, 0) is 31.0 Å². The van der Waals surface area contributed by atoms with Gasteiger partial charge in [0, 0.05) is 24.0 Å². The number of halogens is 1. The molecule has 4 rings (SSSR count). The van der Waals surface area contributed by atoms with Crippen LogP contribution in [0.25, 0.3) is 16.9 Å². The highest BCUT2D eigenvalue weighted by Gasteiger charge is 2.20. The van der Waals surface area contributed by atoms with E-state index in [1.807, 2.05) is 10.6 Å². The maximum Gasteiger partial charge on any atom is 0.165 e. The number of aromatic hydroxyl groups is 1. The number of phenols is 1. The number of anilines is 1. The summed E-state index contributed by atoms with van der Waals surface area (Å²) in [5.41, 5.74) is 2.01. The van der Waals surface area contributed by atoms with E-state index in [0.717, 1.165) is 18.7 Å². The topological polar surface area (TPSA) is 62.5 Å². The lowest BCUT2D eigenvalue weighted by Gasteiger charge is -2.24. The summed E-state index contributed by atoms with van der Waals surface area (Å²) in [6, 6.07) is 4.75. The molecule has 2 N–H and O–H groups in total. The van der Waals surface area contributed by atoms with E-state index in [9.17, 15) is 9.50 Å². The molecule has 2 heterocycles. The van der Waals surface area contributed by atoms with Crippen LogP contribution in [0.3, 0.4) is 0 Å². The van der Waals surface area contributed by atoms with Crippen LogP contribution in [0.2, 0.25) is 0 Å². The van der Waals surface area contributed by atoms with Crippen LogP contribution in [0.4, 0.5) is 10.2 Å². The van der Waals surface area contributed by atoms with E-state index in [0.29, 0.717) is 22.9 Å². The maximum absolute atomic E-state index is 13.8. The van der Waals surface area contributed by atoms with Gasteiger partial charge in [0.1, 0.15) is 11.5 Å². The Morgan fingerprint density at radius 1 is 1.21 bits per heavy atom. The monoisotopic (exact) mass is 326 g/mol. The number of fused-ring (bicyclic) bond motifs is 1. The van der Waals surface area contributed by atoms with Crippen LogP contribution < -0.4 is 5.32 Å². The molecular weight excluding hydrogens is 307 g/mol. The predicted molar refractivity (Wildman–Crippen MR) is 90.5 cm³/mol. The van der Waals surface area contributed by atoms with Crippen molar-refractivity contribution in [3.63, 3.8) is 0 Å². The minimum atomic E-state index is -0.647. The zero-order valence-corrected chi connectivity index (χ0v) is 13.2. The summed E-state index contributed by atoms with van der Waals surface area (Å²) in [6.45, 7) is 0. The number of nitrogens with one attached hydrogen (secondary N) is 1. The number of aromatic nitrogens is 3. The molecule has 1 aliphatic rings. The van der Waals surface area contributed by atoms with Gasteiger partial charge < -0.3 is 10.4 Å². The second kappa shape index (κ2) is 6.11. The summed E-state index contributed by atoms with van der Waals surface area (Å²) in [5.74, 6) is -0.151. The van der Waals surface area contributed by atoms with E-state index in [-0.39, 0.29) is 5.75 Å². The minimum absolute atomic E-state index is 0.356. The van der Waals surface area contributed by atoms with E-state index >= 15 is 0 Å². The minimum Gasteiger partial charge on any atom is -0.505 e. The molecular formula is C18H19FN4O. The number of benzene rings is 1. The molecule has 1 aliphatic carbocycles. The van der Waals surface area contributed by atoms with Crippen molar-refractivity contribution >= 4 is 11.5 Å². The second-order valence-corrected chi connectivity index (χ2v) is 6.26. The Morgan fingerprint density at radius 2 is 2.04 bits per heavy atom. The largest absolute Gasteiger partial charge is 0.505 e. The predicted octanol–water partition coefficient (Wildman–Crippen LogP) is 3.99. The van der Waals surface area contributed by atoms with Crippen molar-refractivity contribution < 1.29 is 9.50 Å². The molecule has 24 heavy (non-hydrogen) atoms. The van der Waals surface area contributed by atoms with Crippen molar-refractivity contribution in [2.75, 3.05) is 5.32 Å². The number of rotatable bonds is 3. The lowest BCUT2D eigenvalue weighted by atomic mass is 9.95. The second-order valence-electron chi connectivity index (χ2n) is 6.26. The SMILES string of the molecule is Oc1ccc(-c2nc3cnccn3c2NC2CCCCC2)cc1F. The number of hydrogen-bond donors (Lipinski definition) is 2. The highest BCUT2D eigenvalue weighted by Crippen LogP contribution is 2.32. The molecule has 1 aromatic carbocycles. The first-order valence-electron chi connectivity index (χ1n) is 8.30. The van der Waals surface area contributed by atoms with Crippen LogP contribution in [0.5, 0.6) is 5.75 Å². The van der Waals surface area contributed by atoms with E-state index in [1.165, 1.54) is 31.4 Å². The fourth-order valence-electron chi connectivity index (χ4n) is 3.34. The molecule has 124 valence electrons. The van der Waals surface area contributed by atoms with E-state index in [2.05, 4.69) is 15.3 Å². The summed E-state index contributed by atoms with van der Waals surface area (Å²) < 4.78 is 15.7. The quantitative estimate of drug-likeness (QED) is 0.764. The third-order valence-electron chi connectivity index (χ3n) is 4.60. The van der Waals surface area contributed by atoms with Gasteiger partial charge in [-0.1, -0.05) is 19.3 Å². The van der Waals surface area contributed by atoms with Crippen molar-refractivity contribution in [1.82, 2.24) is 14.4 Å². The van der Waals surface area contributed by atoms with Crippen molar-refractivity contribution in [2.24, 2.45) is 0 Å². The average Bonchev–Trinajstić information content (AvgIpc) is 2.97. The first-order valence-corrected chi connectivity index (χ1v) is 8.30. The molecule has 0 bridgehead atoms. The molecule has 0 spiro atoms. The Hall–Kier alpha value is -2.63. The molecule has 0 aliphatic heterocycles. The van der Waals surface area contributed by atoms with Crippen LogP contribution in [-0.2, 0) is 0 Å². The normalized spacial score (nSPS) is 15.7. The van der Waals surface area contributed by atoms with Crippen molar-refractivity contribution in [3.05, 3.63) is 42.6 Å². The first kappa shape index (κ1) is 14.9. The Morgan fingerprint density at radius 3 is 2.83 bits per heavy atom. The molecule has 1 fully saturated rings. The zero-order valence-electron chi connectivity index (χ0n) is 13.2. The molecule has 6 heteroatoms. The van der Waals surface area contributed by atoms with Crippen LogP contribution in [0.1, 0.15) is 32.1 Å². The lowest BCUT2D eigenvalue weighted by molar-refractivity contribution is 0.432. The van der Waals surface area contributed by atoms with Crippen LogP contribution >= 0.6 is 0 Å². The van der Waals surface area contributed by atoms with Gasteiger partial charge >= 0.3 is 0 Å². The average molecular weight is 326 g/mol. The molecule has 0 atom stereocenters. The molecule has 1 saturated carbocycles. The molecule has 2 aromatic heterocycles. The standard InChI is InChI=1S/C18H19FN4O/c19-14-10-12(6-7-15(14)24)17-18(21-13-4-2-1-3-5-13)23-9-8-20-11-16(23)22-17/h6-11,13,21,24H,1-5H2. The number of phenolic OH excluding ortho intramolecular Hbond substituents is 1. The smallest absolute Gasteiger partial charge is 0.165 e. The van der Waals surface area contributed by atoms with Crippen molar-refractivity contribution in [2.45, 2.75) is 38.1 Å². The highest BCUT2D eigenvalue weighted by molar-refractivity contribution is 5.76. The lowest BCUT2D eigenvalue weighted by Crippen LogP contribution is -2.23. The van der Waals surface area contributed by atoms with Gasteiger partial charge in [0.25, 0.3) is 0 Å². The molecule has 0 radical (unpaired) electrons. The van der Waals surface area contributed by atoms with Crippen LogP contribution in [0.15, 0.2) is 36.8 Å². The molecule has 0 unspecified atom stereocenters. The maximum atomic E-state index is 13.8. The third-order valence-corrected chi connectivity index (χ3v) is 4.60. The van der Waals surface area contributed by atoms with Gasteiger partial charge in [0.2, 0.25) is 0 Å². The summed E-state index contributed by atoms with van der Waals surface area (Å²) in [7, 11) is 0. The highest BCUT2D eigenvalue weighted by atomic mass is 19.1. The Labute approximate surface area is 139 Å². The number of hydrogen-bond acceptors (Lipinski definition) is 4. The Balaban J connectivity index is 1.81. The van der Waals surface area contributed by atoms with Crippen LogP contribution in [0, 0.1) is 5.82 Å². The molecule has 3 aromatic rings. The van der Waals surface area contributed by atoms with Gasteiger partial charge in [-0.2, -0.15) is 0 Å². The first-order chi connectivity index (χ1) is 11.7. The summed E-state index contributed by atoms with van der Waals surface area (Å²) >= 11 is 0. The summed E-state index contributed by atoms with van der Waals surface area (Å²) in [4.78, 5) is 8.72. The molecule has 0 saturated heterocycles. The number of imidazole rings is 1. The number of nitrogens with zero attached hydrogens (tertiary/aromatic N) is 3. The van der Waals surface area contributed by atoms with E-state index < -0.39 is 5.82 Å². The zero-order chi connectivity index (χ0) is 16.5. The van der Waals surface area contributed by atoms with Crippen molar-refractivity contribution in [1.29, 1.82) is 0 Å². The third kappa shape index (κ3) is 2.68. The van der Waals surface area contributed by atoms with Gasteiger partial charge in [-0.15, -0.1) is 0 Å². The fourth-order valence-corrected chi connectivity index (χ4v) is 3.34. The van der Waals surface area contributed by atoms with Gasteiger partial charge in [0.15, 0.2) is 17.2 Å². The molecule has 5 nitrogen and oxygen atoms in total. The van der Waals surface area contributed by atoms with E-state index in [4.69, 9.17) is 0 Å².